The molecule has 0 atom stereocenters. The van der Waals surface area contributed by atoms with E-state index in [9.17, 15) is 9.59 Å². The smallest absolute Gasteiger partial charge is 0.270 e. The van der Waals surface area contributed by atoms with Gasteiger partial charge in [0.25, 0.3) is 5.56 Å². The standard InChI is InChI=1S/C7H7NO2S/c9-4-8-7(10)5-2-1-3-6(5)11-8/h4H,1-3H2. The van der Waals surface area contributed by atoms with Crippen LogP contribution >= 0.6 is 11.5 Å². The molecule has 1 aliphatic carbocycles. The third-order valence-corrected chi connectivity index (χ3v) is 3.05. The highest BCUT2D eigenvalue weighted by Gasteiger charge is 2.19. The largest absolute Gasteiger partial charge is 0.277 e. The molecule has 0 amide bonds. The molecule has 1 aliphatic rings. The molecule has 0 saturated carbocycles. The lowest BCUT2D eigenvalue weighted by atomic mass is 10.3. The van der Waals surface area contributed by atoms with E-state index in [-0.39, 0.29) is 5.56 Å². The second kappa shape index (κ2) is 2.30. The first kappa shape index (κ1) is 6.79. The molecular weight excluding hydrogens is 162 g/mol. The fourth-order valence-corrected chi connectivity index (χ4v) is 2.41. The van der Waals surface area contributed by atoms with E-state index in [0.717, 1.165) is 29.7 Å². The maximum Gasteiger partial charge on any atom is 0.270 e. The van der Waals surface area contributed by atoms with Crippen LogP contribution in [0.25, 0.3) is 0 Å². The number of carbonyl (C=O) groups is 1. The quantitative estimate of drug-likeness (QED) is 0.572. The predicted molar refractivity (Wildman–Crippen MR) is 42.8 cm³/mol. The summed E-state index contributed by atoms with van der Waals surface area (Å²) in [6, 6.07) is 0. The number of nitrogens with zero attached hydrogens (tertiary/aromatic N) is 1. The van der Waals surface area contributed by atoms with Gasteiger partial charge < -0.3 is 0 Å². The Kier molecular flexibility index (Phi) is 1.42. The van der Waals surface area contributed by atoms with Crippen molar-refractivity contribution in [1.82, 2.24) is 3.96 Å². The van der Waals surface area contributed by atoms with E-state index in [0.29, 0.717) is 6.41 Å². The summed E-state index contributed by atoms with van der Waals surface area (Å²) < 4.78 is 1.17. The minimum Gasteiger partial charge on any atom is -0.277 e. The fourth-order valence-electron chi connectivity index (χ4n) is 1.41. The lowest BCUT2D eigenvalue weighted by Gasteiger charge is -1.83. The van der Waals surface area contributed by atoms with Gasteiger partial charge in [0.05, 0.1) is 0 Å². The van der Waals surface area contributed by atoms with Gasteiger partial charge in [-0.3, -0.25) is 9.59 Å². The summed E-state index contributed by atoms with van der Waals surface area (Å²) >= 11 is 1.28. The van der Waals surface area contributed by atoms with Crippen LogP contribution in [0, 0.1) is 0 Å². The van der Waals surface area contributed by atoms with Crippen molar-refractivity contribution in [3.05, 3.63) is 20.8 Å². The third kappa shape index (κ3) is 0.860. The molecule has 3 nitrogen and oxygen atoms in total. The van der Waals surface area contributed by atoms with E-state index >= 15 is 0 Å². The molecule has 0 fully saturated rings. The number of carbonyl (C=O) groups excluding carboxylic acids is 1. The van der Waals surface area contributed by atoms with E-state index < -0.39 is 0 Å². The molecule has 4 heteroatoms. The summed E-state index contributed by atoms with van der Waals surface area (Å²) in [5, 5.41) is 0. The van der Waals surface area contributed by atoms with Gasteiger partial charge in [0.15, 0.2) is 0 Å². The number of aryl methyl sites for hydroxylation is 1. The molecule has 11 heavy (non-hydrogen) atoms. The van der Waals surface area contributed by atoms with Crippen molar-refractivity contribution < 1.29 is 4.79 Å². The fraction of sp³-hybridized carbons (Fsp3) is 0.429. The van der Waals surface area contributed by atoms with Crippen molar-refractivity contribution in [3.8, 4) is 0 Å². The molecular formula is C7H7NO2S. The average molecular weight is 169 g/mol. The van der Waals surface area contributed by atoms with Crippen LogP contribution in [0.5, 0.6) is 0 Å². The summed E-state index contributed by atoms with van der Waals surface area (Å²) in [4.78, 5) is 22.6. The highest BCUT2D eigenvalue weighted by molar-refractivity contribution is 7.07. The normalized spacial score (nSPS) is 14.9. The van der Waals surface area contributed by atoms with Gasteiger partial charge in [-0.2, -0.15) is 0 Å². The van der Waals surface area contributed by atoms with E-state index in [2.05, 4.69) is 0 Å². The third-order valence-electron chi connectivity index (χ3n) is 1.93. The van der Waals surface area contributed by atoms with Gasteiger partial charge in [0.2, 0.25) is 6.41 Å². The Morgan fingerprint density at radius 3 is 2.91 bits per heavy atom. The average Bonchev–Trinajstić information content (AvgIpc) is 2.53. The molecule has 2 rings (SSSR count). The Morgan fingerprint density at radius 2 is 2.27 bits per heavy atom. The number of rotatable bonds is 1. The Morgan fingerprint density at radius 1 is 1.45 bits per heavy atom. The summed E-state index contributed by atoms with van der Waals surface area (Å²) in [5.74, 6) is 0. The topological polar surface area (TPSA) is 39.1 Å². The number of hydrogen-bond donors (Lipinski definition) is 0. The molecule has 1 aromatic rings. The zero-order chi connectivity index (χ0) is 7.84. The van der Waals surface area contributed by atoms with Crippen LogP contribution in [0.15, 0.2) is 4.79 Å². The number of aromatic nitrogens is 1. The van der Waals surface area contributed by atoms with Crippen molar-refractivity contribution in [2.24, 2.45) is 0 Å². The molecule has 0 saturated heterocycles. The molecule has 0 aromatic carbocycles. The molecule has 0 N–H and O–H groups in total. The van der Waals surface area contributed by atoms with E-state index in [4.69, 9.17) is 0 Å². The van der Waals surface area contributed by atoms with Crippen molar-refractivity contribution in [2.75, 3.05) is 0 Å². The molecule has 0 spiro atoms. The second-order valence-electron chi connectivity index (χ2n) is 2.58. The highest BCUT2D eigenvalue weighted by atomic mass is 32.1. The van der Waals surface area contributed by atoms with Gasteiger partial charge in [-0.25, -0.2) is 3.96 Å². The SMILES string of the molecule is O=Cn1sc2c(c1=O)CCC2. The van der Waals surface area contributed by atoms with Gasteiger partial charge in [-0.05, 0) is 19.3 Å². The Hall–Kier alpha value is -0.900. The minimum atomic E-state index is -0.0995. The van der Waals surface area contributed by atoms with E-state index in [1.807, 2.05) is 0 Å². The van der Waals surface area contributed by atoms with Crippen molar-refractivity contribution in [1.29, 1.82) is 0 Å². The summed E-state index contributed by atoms with van der Waals surface area (Å²) in [6.07, 6.45) is 3.48. The molecule has 1 aromatic heterocycles. The van der Waals surface area contributed by atoms with Crippen LogP contribution in [-0.4, -0.2) is 10.4 Å². The Balaban J connectivity index is 2.67. The van der Waals surface area contributed by atoms with Crippen LogP contribution in [0.1, 0.15) is 16.9 Å². The van der Waals surface area contributed by atoms with Gasteiger partial charge in [0.1, 0.15) is 0 Å². The first-order valence-electron chi connectivity index (χ1n) is 3.52. The van der Waals surface area contributed by atoms with Crippen LogP contribution in [0.3, 0.4) is 0 Å². The first-order chi connectivity index (χ1) is 5.33. The summed E-state index contributed by atoms with van der Waals surface area (Å²) in [6.45, 7) is 0. The van der Waals surface area contributed by atoms with Gasteiger partial charge >= 0.3 is 0 Å². The summed E-state index contributed by atoms with van der Waals surface area (Å²) in [5.41, 5.74) is 0.764. The highest BCUT2D eigenvalue weighted by Crippen LogP contribution is 2.22. The van der Waals surface area contributed by atoms with E-state index in [1.54, 1.807) is 0 Å². The Labute approximate surface area is 67.4 Å². The van der Waals surface area contributed by atoms with Crippen LogP contribution in [0.2, 0.25) is 0 Å². The lowest BCUT2D eigenvalue weighted by molar-refractivity contribution is 0.549. The van der Waals surface area contributed by atoms with Crippen LogP contribution < -0.4 is 5.56 Å². The molecule has 0 radical (unpaired) electrons. The molecule has 0 unspecified atom stereocenters. The zero-order valence-electron chi connectivity index (χ0n) is 5.87. The lowest BCUT2D eigenvalue weighted by Crippen LogP contribution is -2.14. The Bertz CT molecular complexity index is 350. The molecule has 58 valence electrons. The van der Waals surface area contributed by atoms with Gasteiger partial charge in [-0.15, -0.1) is 0 Å². The molecule has 0 aliphatic heterocycles. The molecule has 1 heterocycles. The number of hydrogen-bond acceptors (Lipinski definition) is 3. The van der Waals surface area contributed by atoms with Crippen molar-refractivity contribution >= 4 is 17.9 Å². The first-order valence-corrected chi connectivity index (χ1v) is 4.29. The predicted octanol–water partition coefficient (Wildman–Crippen LogP) is 0.437. The number of fused-ring (bicyclic) bond motifs is 1. The monoisotopic (exact) mass is 169 g/mol. The molecule has 0 bridgehead atoms. The van der Waals surface area contributed by atoms with Crippen LogP contribution in [0.4, 0.5) is 0 Å². The van der Waals surface area contributed by atoms with E-state index in [1.165, 1.54) is 15.5 Å². The van der Waals surface area contributed by atoms with Gasteiger partial charge in [-0.1, -0.05) is 11.5 Å². The second-order valence-corrected chi connectivity index (χ2v) is 3.65. The zero-order valence-corrected chi connectivity index (χ0v) is 6.69. The maximum atomic E-state index is 11.2. The minimum absolute atomic E-state index is 0.0995. The van der Waals surface area contributed by atoms with Crippen LogP contribution in [-0.2, 0) is 17.6 Å². The summed E-state index contributed by atoms with van der Waals surface area (Å²) in [7, 11) is 0. The van der Waals surface area contributed by atoms with Crippen molar-refractivity contribution in [2.45, 2.75) is 19.3 Å². The van der Waals surface area contributed by atoms with Crippen molar-refractivity contribution in [3.63, 3.8) is 0 Å². The maximum absolute atomic E-state index is 11.2. The van der Waals surface area contributed by atoms with Gasteiger partial charge in [0, 0.05) is 10.4 Å².